The highest BCUT2D eigenvalue weighted by Crippen LogP contribution is 2.31. The average molecular weight is 473 g/mol. The van der Waals surface area contributed by atoms with Crippen LogP contribution in [0.3, 0.4) is 0 Å². The second-order valence-electron chi connectivity index (χ2n) is 8.53. The van der Waals surface area contributed by atoms with Crippen LogP contribution in [0, 0.1) is 0 Å². The molecule has 0 aliphatic carbocycles. The van der Waals surface area contributed by atoms with E-state index in [4.69, 9.17) is 25.1 Å². The maximum Gasteiger partial charge on any atom is 0.355 e. The van der Waals surface area contributed by atoms with Gasteiger partial charge in [0.05, 0.1) is 5.56 Å². The topological polar surface area (TPSA) is 162 Å². The summed E-state index contributed by atoms with van der Waals surface area (Å²) < 4.78 is 15.8. The molecule has 0 amide bonds. The van der Waals surface area contributed by atoms with Gasteiger partial charge in [-0.3, -0.25) is 4.79 Å². The summed E-state index contributed by atoms with van der Waals surface area (Å²) in [7, 11) is 0. The van der Waals surface area contributed by atoms with E-state index in [-0.39, 0.29) is 23.5 Å². The van der Waals surface area contributed by atoms with Crippen molar-refractivity contribution in [3.8, 4) is 11.5 Å². The minimum absolute atomic E-state index is 0.105. The number of nitrogens with two attached hydrogens (primary N) is 1. The Morgan fingerprint density at radius 2 is 1.50 bits per heavy atom. The summed E-state index contributed by atoms with van der Waals surface area (Å²) in [5.74, 6) is -4.45. The number of rotatable bonds is 9. The molecule has 0 bridgehead atoms. The molecule has 10 nitrogen and oxygen atoms in total. The highest BCUT2D eigenvalue weighted by atomic mass is 16.6. The van der Waals surface area contributed by atoms with Gasteiger partial charge in [-0.1, -0.05) is 24.3 Å². The van der Waals surface area contributed by atoms with Crippen molar-refractivity contribution in [2.45, 2.75) is 51.4 Å². The summed E-state index contributed by atoms with van der Waals surface area (Å²) in [4.78, 5) is 48.5. The first-order valence-electron chi connectivity index (χ1n) is 10.3. The largest absolute Gasteiger partial charge is 0.480 e. The SMILES string of the molecule is CC(C)(O)C(=O)Oc1ccc(C[C@H](N)C(=O)O)cc1OC(=O)C(C)(C)OC(=O)c1ccccc1. The van der Waals surface area contributed by atoms with Crippen molar-refractivity contribution < 1.29 is 43.6 Å². The summed E-state index contributed by atoms with van der Waals surface area (Å²) >= 11 is 0. The maximum absolute atomic E-state index is 12.9. The number of aliphatic hydroxyl groups is 1. The average Bonchev–Trinajstić information content (AvgIpc) is 2.74. The van der Waals surface area contributed by atoms with Gasteiger partial charge in [0, 0.05) is 0 Å². The number of benzene rings is 2. The van der Waals surface area contributed by atoms with Crippen molar-refractivity contribution in [1.29, 1.82) is 0 Å². The fraction of sp³-hybridized carbons (Fsp3) is 0.333. The monoisotopic (exact) mass is 473 g/mol. The molecule has 0 saturated carbocycles. The Kier molecular flexibility index (Phi) is 8.14. The van der Waals surface area contributed by atoms with Crippen molar-refractivity contribution in [3.05, 3.63) is 59.7 Å². The Labute approximate surface area is 196 Å². The third-order valence-corrected chi connectivity index (χ3v) is 4.53. The molecule has 182 valence electrons. The lowest BCUT2D eigenvalue weighted by Crippen LogP contribution is -2.40. The van der Waals surface area contributed by atoms with Crippen molar-refractivity contribution in [3.63, 3.8) is 0 Å². The molecule has 10 heteroatoms. The molecule has 0 heterocycles. The minimum Gasteiger partial charge on any atom is -0.480 e. The van der Waals surface area contributed by atoms with E-state index < -0.39 is 41.1 Å². The van der Waals surface area contributed by atoms with Crippen LogP contribution in [-0.4, -0.2) is 51.3 Å². The summed E-state index contributed by atoms with van der Waals surface area (Å²) in [5.41, 5.74) is 2.60. The zero-order valence-electron chi connectivity index (χ0n) is 19.2. The molecule has 0 aromatic heterocycles. The molecule has 0 spiro atoms. The zero-order valence-corrected chi connectivity index (χ0v) is 19.2. The van der Waals surface area contributed by atoms with E-state index in [1.807, 2.05) is 0 Å². The van der Waals surface area contributed by atoms with Gasteiger partial charge >= 0.3 is 23.9 Å². The van der Waals surface area contributed by atoms with Crippen LogP contribution in [0.1, 0.15) is 43.6 Å². The second kappa shape index (κ2) is 10.4. The van der Waals surface area contributed by atoms with Gasteiger partial charge in [-0.15, -0.1) is 0 Å². The van der Waals surface area contributed by atoms with Crippen LogP contribution < -0.4 is 15.2 Å². The number of hydrogen-bond acceptors (Lipinski definition) is 9. The highest BCUT2D eigenvalue weighted by Gasteiger charge is 2.36. The fourth-order valence-electron chi connectivity index (χ4n) is 2.54. The lowest BCUT2D eigenvalue weighted by Gasteiger charge is -2.24. The molecule has 0 aliphatic heterocycles. The van der Waals surface area contributed by atoms with Crippen LogP contribution in [0.25, 0.3) is 0 Å². The Balaban J connectivity index is 2.31. The van der Waals surface area contributed by atoms with Crippen molar-refractivity contribution in [2.24, 2.45) is 5.73 Å². The third kappa shape index (κ3) is 7.12. The first-order valence-corrected chi connectivity index (χ1v) is 10.3. The number of carboxylic acid groups (broad SMARTS) is 1. The van der Waals surface area contributed by atoms with Gasteiger partial charge in [0.25, 0.3) is 0 Å². The number of esters is 3. The van der Waals surface area contributed by atoms with Crippen molar-refractivity contribution in [2.75, 3.05) is 0 Å². The zero-order chi connectivity index (χ0) is 25.7. The molecule has 0 aliphatic rings. The van der Waals surface area contributed by atoms with E-state index in [1.165, 1.54) is 58.0 Å². The molecule has 0 radical (unpaired) electrons. The Bertz CT molecular complexity index is 1070. The third-order valence-electron chi connectivity index (χ3n) is 4.53. The van der Waals surface area contributed by atoms with Gasteiger partial charge < -0.3 is 30.2 Å². The van der Waals surface area contributed by atoms with Crippen LogP contribution in [-0.2, 0) is 25.5 Å². The lowest BCUT2D eigenvalue weighted by molar-refractivity contribution is -0.154. The minimum atomic E-state index is -1.84. The molecule has 2 aromatic rings. The highest BCUT2D eigenvalue weighted by molar-refractivity contribution is 5.93. The quantitative estimate of drug-likeness (QED) is 0.362. The maximum atomic E-state index is 12.9. The number of carbonyl (C=O) groups is 4. The summed E-state index contributed by atoms with van der Waals surface area (Å²) in [6, 6.07) is 10.8. The predicted molar refractivity (Wildman–Crippen MR) is 119 cm³/mol. The van der Waals surface area contributed by atoms with Crippen LogP contribution in [0.5, 0.6) is 11.5 Å². The first-order chi connectivity index (χ1) is 15.7. The molecule has 0 fully saturated rings. The van der Waals surface area contributed by atoms with E-state index in [0.717, 1.165) is 0 Å². The van der Waals surface area contributed by atoms with Crippen molar-refractivity contribution >= 4 is 23.9 Å². The van der Waals surface area contributed by atoms with Crippen LogP contribution in [0.2, 0.25) is 0 Å². The first kappa shape index (κ1) is 26.5. The van der Waals surface area contributed by atoms with E-state index in [9.17, 15) is 24.3 Å². The molecule has 0 unspecified atom stereocenters. The molecule has 2 aromatic carbocycles. The molecule has 0 saturated heterocycles. The molecule has 1 atom stereocenters. The van der Waals surface area contributed by atoms with Crippen LogP contribution in [0.15, 0.2) is 48.5 Å². The normalized spacial score (nSPS) is 12.4. The second-order valence-corrected chi connectivity index (χ2v) is 8.53. The number of ether oxygens (including phenoxy) is 3. The Morgan fingerprint density at radius 1 is 0.912 bits per heavy atom. The predicted octanol–water partition coefficient (Wildman–Crippen LogP) is 1.86. The van der Waals surface area contributed by atoms with E-state index in [2.05, 4.69) is 0 Å². The molecular formula is C24H27NO9. The van der Waals surface area contributed by atoms with Crippen LogP contribution >= 0.6 is 0 Å². The number of hydrogen-bond donors (Lipinski definition) is 3. The van der Waals surface area contributed by atoms with Gasteiger partial charge in [-0.05, 0) is 63.9 Å². The summed E-state index contributed by atoms with van der Waals surface area (Å²) in [6.07, 6.45) is -0.105. The van der Waals surface area contributed by atoms with Crippen LogP contribution in [0.4, 0.5) is 0 Å². The molecule has 2 rings (SSSR count). The van der Waals surface area contributed by atoms with Gasteiger partial charge in [-0.25, -0.2) is 14.4 Å². The Hall–Kier alpha value is -3.76. The smallest absolute Gasteiger partial charge is 0.355 e. The summed E-state index contributed by atoms with van der Waals surface area (Å²) in [5, 5.41) is 18.9. The van der Waals surface area contributed by atoms with E-state index in [1.54, 1.807) is 18.2 Å². The van der Waals surface area contributed by atoms with Gasteiger partial charge in [0.2, 0.25) is 5.60 Å². The van der Waals surface area contributed by atoms with Gasteiger partial charge in [0.1, 0.15) is 6.04 Å². The van der Waals surface area contributed by atoms with Gasteiger partial charge in [-0.2, -0.15) is 0 Å². The molecule has 34 heavy (non-hydrogen) atoms. The van der Waals surface area contributed by atoms with Gasteiger partial charge in [0.15, 0.2) is 17.1 Å². The molecular weight excluding hydrogens is 446 g/mol. The van der Waals surface area contributed by atoms with E-state index >= 15 is 0 Å². The standard InChI is InChI=1S/C24H27NO9/c1-23(2,31)21(29)32-17-11-10-14(12-16(25)19(26)27)13-18(17)33-22(30)24(3,4)34-20(28)15-8-6-5-7-9-15/h5-11,13,16,31H,12,25H2,1-4H3,(H,26,27)/t16-/m0/s1. The van der Waals surface area contributed by atoms with E-state index in [0.29, 0.717) is 5.56 Å². The molecule has 4 N–H and O–H groups in total. The number of carbonyl (C=O) groups excluding carboxylic acids is 3. The Morgan fingerprint density at radius 3 is 2.06 bits per heavy atom. The fourth-order valence-corrected chi connectivity index (χ4v) is 2.54. The number of aliphatic carboxylic acids is 1. The number of carboxylic acids is 1. The lowest BCUT2D eigenvalue weighted by atomic mass is 10.1. The van der Waals surface area contributed by atoms with Crippen molar-refractivity contribution in [1.82, 2.24) is 0 Å². The summed E-state index contributed by atoms with van der Waals surface area (Å²) in [6.45, 7) is 5.08.